The second-order valence-corrected chi connectivity index (χ2v) is 7.32. The van der Waals surface area contributed by atoms with Crippen molar-refractivity contribution >= 4 is 35.0 Å². The zero-order valence-electron chi connectivity index (χ0n) is 18.3. The molecule has 1 heterocycles. The Morgan fingerprint density at radius 1 is 0.514 bits per heavy atom. The van der Waals surface area contributed by atoms with Gasteiger partial charge < -0.3 is 15.1 Å². The highest BCUT2D eigenvalue weighted by Gasteiger charge is 2.15. The first-order valence-corrected chi connectivity index (χ1v) is 10.5. The van der Waals surface area contributed by atoms with E-state index in [1.165, 1.54) is 36.6 Å². The molecule has 0 saturated heterocycles. The number of nitrogens with one attached hydrogen (secondary N) is 4. The van der Waals surface area contributed by atoms with Gasteiger partial charge in [0, 0.05) is 28.1 Å². The Kier molecular flexibility index (Phi) is 6.98. The quantitative estimate of drug-likeness (QED) is 0.319. The van der Waals surface area contributed by atoms with Crippen LogP contribution in [0.25, 0.3) is 0 Å². The van der Waals surface area contributed by atoms with E-state index in [0.29, 0.717) is 11.1 Å². The number of benzene rings is 3. The van der Waals surface area contributed by atoms with Crippen molar-refractivity contribution in [2.24, 2.45) is 0 Å². The SMILES string of the molecule is O=C(NNC(=O)c1ccco1)c1cc(NC(=O)c2ccccc2)cc(NC(=O)c2ccccc2)c1. The van der Waals surface area contributed by atoms with E-state index in [2.05, 4.69) is 21.5 Å². The molecule has 3 aromatic carbocycles. The summed E-state index contributed by atoms with van der Waals surface area (Å²) >= 11 is 0. The van der Waals surface area contributed by atoms with Crippen molar-refractivity contribution in [3.05, 3.63) is 120 Å². The maximum absolute atomic E-state index is 12.8. The van der Waals surface area contributed by atoms with Gasteiger partial charge in [0.15, 0.2) is 5.76 Å². The van der Waals surface area contributed by atoms with Gasteiger partial charge in [0.2, 0.25) is 0 Å². The van der Waals surface area contributed by atoms with E-state index in [1.54, 1.807) is 60.7 Å². The number of hydrogen-bond acceptors (Lipinski definition) is 5. The fourth-order valence-electron chi connectivity index (χ4n) is 3.14. The molecule has 4 amide bonds. The molecule has 0 saturated carbocycles. The third-order valence-corrected chi connectivity index (χ3v) is 4.82. The molecule has 4 aromatic rings. The second-order valence-electron chi connectivity index (χ2n) is 7.32. The van der Waals surface area contributed by atoms with Gasteiger partial charge in [-0.15, -0.1) is 0 Å². The lowest BCUT2D eigenvalue weighted by molar-refractivity contribution is 0.0831. The monoisotopic (exact) mass is 468 g/mol. The molecule has 9 heteroatoms. The van der Waals surface area contributed by atoms with Crippen LogP contribution in [0.2, 0.25) is 0 Å². The van der Waals surface area contributed by atoms with Crippen LogP contribution in [0, 0.1) is 0 Å². The molecular weight excluding hydrogens is 448 g/mol. The summed E-state index contributed by atoms with van der Waals surface area (Å²) < 4.78 is 4.98. The zero-order chi connectivity index (χ0) is 24.6. The Hall–Kier alpha value is -5.18. The first-order valence-electron chi connectivity index (χ1n) is 10.5. The van der Waals surface area contributed by atoms with Gasteiger partial charge in [-0.2, -0.15) is 0 Å². The molecule has 0 aliphatic heterocycles. The number of furan rings is 1. The molecule has 0 aliphatic carbocycles. The lowest BCUT2D eigenvalue weighted by Crippen LogP contribution is -2.41. The summed E-state index contributed by atoms with van der Waals surface area (Å²) in [6, 6.07) is 24.4. The molecule has 0 atom stereocenters. The minimum atomic E-state index is -0.670. The van der Waals surface area contributed by atoms with Crippen LogP contribution in [0.1, 0.15) is 41.6 Å². The molecule has 0 radical (unpaired) electrons. The van der Waals surface area contributed by atoms with E-state index >= 15 is 0 Å². The summed E-state index contributed by atoms with van der Waals surface area (Å²) in [4.78, 5) is 50.1. The topological polar surface area (TPSA) is 130 Å². The van der Waals surface area contributed by atoms with Gasteiger partial charge in [-0.3, -0.25) is 30.0 Å². The number of rotatable bonds is 6. The Balaban J connectivity index is 1.56. The van der Waals surface area contributed by atoms with Crippen LogP contribution in [0.15, 0.2) is 102 Å². The van der Waals surface area contributed by atoms with Gasteiger partial charge in [-0.1, -0.05) is 36.4 Å². The normalized spacial score (nSPS) is 10.2. The third kappa shape index (κ3) is 5.99. The van der Waals surface area contributed by atoms with Gasteiger partial charge >= 0.3 is 5.91 Å². The molecule has 35 heavy (non-hydrogen) atoms. The summed E-state index contributed by atoms with van der Waals surface area (Å²) in [7, 11) is 0. The molecule has 1 aromatic heterocycles. The molecule has 174 valence electrons. The fourth-order valence-corrected chi connectivity index (χ4v) is 3.14. The van der Waals surface area contributed by atoms with Crippen LogP contribution in [-0.2, 0) is 0 Å². The van der Waals surface area contributed by atoms with E-state index in [1.807, 2.05) is 0 Å². The fraction of sp³-hybridized carbons (Fsp3) is 0. The summed E-state index contributed by atoms with van der Waals surface area (Å²) in [5.74, 6) is -2.08. The molecule has 0 fully saturated rings. The minimum absolute atomic E-state index is 0.0185. The molecule has 4 N–H and O–H groups in total. The first kappa shape index (κ1) is 23.0. The average Bonchev–Trinajstić information content (AvgIpc) is 3.43. The Labute approximate surface area is 200 Å². The standard InChI is InChI=1S/C26H20N4O5/c31-23(17-8-3-1-4-9-17)27-20-14-19(25(33)29-30-26(34)22-12-7-13-35-22)15-21(16-20)28-24(32)18-10-5-2-6-11-18/h1-16H,(H,27,31)(H,28,32)(H,29,33)(H,30,34). The number of hydrogen-bond donors (Lipinski definition) is 4. The van der Waals surface area contributed by atoms with Gasteiger partial charge in [0.1, 0.15) is 0 Å². The van der Waals surface area contributed by atoms with Gasteiger partial charge in [0.05, 0.1) is 6.26 Å². The van der Waals surface area contributed by atoms with Gasteiger partial charge in [-0.05, 0) is 54.6 Å². The van der Waals surface area contributed by atoms with Crippen LogP contribution in [-0.4, -0.2) is 23.6 Å². The third-order valence-electron chi connectivity index (χ3n) is 4.82. The number of anilines is 2. The number of amides is 4. The maximum atomic E-state index is 12.8. The van der Waals surface area contributed by atoms with Gasteiger partial charge in [0.25, 0.3) is 17.7 Å². The smallest absolute Gasteiger partial charge is 0.305 e. The largest absolute Gasteiger partial charge is 0.459 e. The van der Waals surface area contributed by atoms with E-state index in [0.717, 1.165) is 0 Å². The van der Waals surface area contributed by atoms with Crippen LogP contribution < -0.4 is 21.5 Å². The highest BCUT2D eigenvalue weighted by atomic mass is 16.3. The summed E-state index contributed by atoms with van der Waals surface area (Å²) in [5.41, 5.74) is 6.00. The zero-order valence-corrected chi connectivity index (χ0v) is 18.3. The molecule has 4 rings (SSSR count). The highest BCUT2D eigenvalue weighted by Crippen LogP contribution is 2.21. The van der Waals surface area contributed by atoms with Crippen LogP contribution in [0.5, 0.6) is 0 Å². The predicted octanol–water partition coefficient (Wildman–Crippen LogP) is 3.86. The summed E-state index contributed by atoms with van der Waals surface area (Å²) in [6.07, 6.45) is 1.33. The van der Waals surface area contributed by atoms with E-state index in [9.17, 15) is 19.2 Å². The lowest BCUT2D eigenvalue weighted by Gasteiger charge is -2.13. The number of hydrazine groups is 1. The van der Waals surface area contributed by atoms with E-state index < -0.39 is 23.6 Å². The average molecular weight is 468 g/mol. The molecule has 0 bridgehead atoms. The summed E-state index contributed by atoms with van der Waals surface area (Å²) in [5, 5.41) is 5.44. The molecule has 0 unspecified atom stereocenters. The van der Waals surface area contributed by atoms with E-state index in [4.69, 9.17) is 4.42 Å². The van der Waals surface area contributed by atoms with Crippen molar-refractivity contribution in [3.63, 3.8) is 0 Å². The number of carbonyl (C=O) groups is 4. The molecule has 9 nitrogen and oxygen atoms in total. The predicted molar refractivity (Wildman–Crippen MR) is 129 cm³/mol. The van der Waals surface area contributed by atoms with Crippen molar-refractivity contribution < 1.29 is 23.6 Å². The van der Waals surface area contributed by atoms with E-state index in [-0.39, 0.29) is 22.7 Å². The maximum Gasteiger partial charge on any atom is 0.305 e. The first-order chi connectivity index (χ1) is 17.0. The van der Waals surface area contributed by atoms with Crippen LogP contribution in [0.3, 0.4) is 0 Å². The van der Waals surface area contributed by atoms with Crippen molar-refractivity contribution in [2.75, 3.05) is 10.6 Å². The highest BCUT2D eigenvalue weighted by molar-refractivity contribution is 6.08. The van der Waals surface area contributed by atoms with Crippen molar-refractivity contribution in [1.82, 2.24) is 10.9 Å². The number of carbonyl (C=O) groups excluding carboxylic acids is 4. The Morgan fingerprint density at radius 2 is 1.03 bits per heavy atom. The second kappa shape index (κ2) is 10.6. The minimum Gasteiger partial charge on any atom is -0.459 e. The molecule has 0 aliphatic rings. The molecular formula is C26H20N4O5. The van der Waals surface area contributed by atoms with Crippen LogP contribution >= 0.6 is 0 Å². The van der Waals surface area contributed by atoms with Gasteiger partial charge in [-0.25, -0.2) is 0 Å². The summed E-state index contributed by atoms with van der Waals surface area (Å²) in [6.45, 7) is 0. The van der Waals surface area contributed by atoms with Crippen LogP contribution in [0.4, 0.5) is 11.4 Å². The molecule has 0 spiro atoms. The van der Waals surface area contributed by atoms with Crippen molar-refractivity contribution in [3.8, 4) is 0 Å². The van der Waals surface area contributed by atoms with Crippen molar-refractivity contribution in [2.45, 2.75) is 0 Å². The Bertz CT molecular complexity index is 1280. The van der Waals surface area contributed by atoms with Crippen molar-refractivity contribution in [1.29, 1.82) is 0 Å². The lowest BCUT2D eigenvalue weighted by atomic mass is 10.1. The Morgan fingerprint density at radius 3 is 1.51 bits per heavy atom.